The number of nitrogens with two attached hydrogens (primary N) is 1. The Morgan fingerprint density at radius 2 is 2.39 bits per heavy atom. The third-order valence-electron chi connectivity index (χ3n) is 3.13. The van der Waals surface area contributed by atoms with Gasteiger partial charge in [-0.25, -0.2) is 0 Å². The van der Waals surface area contributed by atoms with E-state index in [-0.39, 0.29) is 12.0 Å². The molecule has 1 aliphatic rings. The molecule has 0 saturated carbocycles. The van der Waals surface area contributed by atoms with Crippen molar-refractivity contribution in [1.29, 1.82) is 0 Å². The lowest BCUT2D eigenvalue weighted by molar-refractivity contribution is 0.0956. The number of rotatable bonds is 3. The molecule has 5 nitrogen and oxygen atoms in total. The fourth-order valence-electron chi connectivity index (χ4n) is 2.18. The Bertz CT molecular complexity index is 448. The van der Waals surface area contributed by atoms with Gasteiger partial charge in [0.2, 0.25) is 0 Å². The molecular formula is C13H19N3O2. The van der Waals surface area contributed by atoms with Gasteiger partial charge in [0.15, 0.2) is 0 Å². The summed E-state index contributed by atoms with van der Waals surface area (Å²) < 4.78 is 0. The van der Waals surface area contributed by atoms with Crippen LogP contribution in [-0.4, -0.2) is 36.8 Å². The summed E-state index contributed by atoms with van der Waals surface area (Å²) in [5.74, 6) is -0.0986. The van der Waals surface area contributed by atoms with Gasteiger partial charge in [-0.3, -0.25) is 4.79 Å². The standard InChI is InChI=1S/C13H19N3O2/c1-2-15-13(18)9-3-4-11(14)12(7-9)16-6-5-10(17)8-16/h3-4,7,10,17H,2,5-6,8,14H2,1H3,(H,15,18). The van der Waals surface area contributed by atoms with E-state index in [0.29, 0.717) is 24.3 Å². The molecule has 18 heavy (non-hydrogen) atoms. The van der Waals surface area contributed by atoms with Crippen molar-refractivity contribution in [3.05, 3.63) is 23.8 Å². The van der Waals surface area contributed by atoms with Crippen molar-refractivity contribution in [2.75, 3.05) is 30.3 Å². The number of anilines is 2. The van der Waals surface area contributed by atoms with Gasteiger partial charge in [0.05, 0.1) is 17.5 Å². The van der Waals surface area contributed by atoms with Crippen LogP contribution in [-0.2, 0) is 0 Å². The molecule has 98 valence electrons. The van der Waals surface area contributed by atoms with E-state index in [1.54, 1.807) is 18.2 Å². The summed E-state index contributed by atoms with van der Waals surface area (Å²) in [5.41, 5.74) is 8.00. The topological polar surface area (TPSA) is 78.6 Å². The van der Waals surface area contributed by atoms with Gasteiger partial charge >= 0.3 is 0 Å². The molecular weight excluding hydrogens is 230 g/mol. The smallest absolute Gasteiger partial charge is 0.251 e. The number of benzene rings is 1. The number of aliphatic hydroxyl groups is 1. The highest BCUT2D eigenvalue weighted by molar-refractivity contribution is 5.96. The van der Waals surface area contributed by atoms with E-state index in [9.17, 15) is 9.90 Å². The van der Waals surface area contributed by atoms with E-state index in [1.165, 1.54) is 0 Å². The summed E-state index contributed by atoms with van der Waals surface area (Å²) in [4.78, 5) is 13.8. The molecule has 0 aliphatic carbocycles. The molecule has 1 aromatic rings. The zero-order valence-corrected chi connectivity index (χ0v) is 10.5. The highest BCUT2D eigenvalue weighted by Crippen LogP contribution is 2.27. The van der Waals surface area contributed by atoms with Crippen LogP contribution in [0.1, 0.15) is 23.7 Å². The maximum absolute atomic E-state index is 11.8. The number of amides is 1. The molecule has 1 atom stereocenters. The first-order chi connectivity index (χ1) is 8.61. The molecule has 5 heteroatoms. The number of aliphatic hydroxyl groups excluding tert-OH is 1. The molecule has 4 N–H and O–H groups in total. The number of hydrogen-bond acceptors (Lipinski definition) is 4. The van der Waals surface area contributed by atoms with Crippen molar-refractivity contribution in [2.45, 2.75) is 19.4 Å². The molecule has 0 radical (unpaired) electrons. The van der Waals surface area contributed by atoms with Gasteiger partial charge in [-0.15, -0.1) is 0 Å². The van der Waals surface area contributed by atoms with Crippen LogP contribution in [0.5, 0.6) is 0 Å². The van der Waals surface area contributed by atoms with Crippen molar-refractivity contribution < 1.29 is 9.90 Å². The molecule has 1 aliphatic heterocycles. The fourth-order valence-corrected chi connectivity index (χ4v) is 2.18. The van der Waals surface area contributed by atoms with Gasteiger partial charge in [0, 0.05) is 25.2 Å². The normalized spacial score (nSPS) is 19.0. The molecule has 1 saturated heterocycles. The second kappa shape index (κ2) is 5.27. The second-order valence-corrected chi connectivity index (χ2v) is 4.52. The average molecular weight is 249 g/mol. The Labute approximate surface area is 107 Å². The van der Waals surface area contributed by atoms with E-state index >= 15 is 0 Å². The van der Waals surface area contributed by atoms with Crippen LogP contribution in [0.2, 0.25) is 0 Å². The highest BCUT2D eigenvalue weighted by Gasteiger charge is 2.22. The lowest BCUT2D eigenvalue weighted by Crippen LogP contribution is -2.25. The molecule has 1 amide bonds. The van der Waals surface area contributed by atoms with Crippen molar-refractivity contribution in [2.24, 2.45) is 0 Å². The monoisotopic (exact) mass is 249 g/mol. The van der Waals surface area contributed by atoms with Crippen LogP contribution in [0.15, 0.2) is 18.2 Å². The zero-order chi connectivity index (χ0) is 13.1. The average Bonchev–Trinajstić information content (AvgIpc) is 2.76. The lowest BCUT2D eigenvalue weighted by Gasteiger charge is -2.20. The quantitative estimate of drug-likeness (QED) is 0.685. The van der Waals surface area contributed by atoms with Gasteiger partial charge in [-0.1, -0.05) is 0 Å². The number of nitrogen functional groups attached to an aromatic ring is 1. The lowest BCUT2D eigenvalue weighted by atomic mass is 10.1. The van der Waals surface area contributed by atoms with Gasteiger partial charge in [-0.2, -0.15) is 0 Å². The first kappa shape index (κ1) is 12.7. The Morgan fingerprint density at radius 1 is 1.61 bits per heavy atom. The maximum atomic E-state index is 11.8. The van der Waals surface area contributed by atoms with Crippen molar-refractivity contribution in [3.8, 4) is 0 Å². The van der Waals surface area contributed by atoms with Crippen LogP contribution in [0.3, 0.4) is 0 Å². The third-order valence-corrected chi connectivity index (χ3v) is 3.13. The Kier molecular flexibility index (Phi) is 3.72. The summed E-state index contributed by atoms with van der Waals surface area (Å²) >= 11 is 0. The number of carbonyl (C=O) groups is 1. The fraction of sp³-hybridized carbons (Fsp3) is 0.462. The Balaban J connectivity index is 2.24. The summed E-state index contributed by atoms with van der Waals surface area (Å²) in [6.07, 6.45) is 0.433. The molecule has 1 fully saturated rings. The van der Waals surface area contributed by atoms with Crippen molar-refractivity contribution in [1.82, 2.24) is 5.32 Å². The van der Waals surface area contributed by atoms with Gasteiger partial charge in [0.25, 0.3) is 5.91 Å². The van der Waals surface area contributed by atoms with Crippen LogP contribution in [0.4, 0.5) is 11.4 Å². The molecule has 0 bridgehead atoms. The summed E-state index contributed by atoms with van der Waals surface area (Å²) in [6.45, 7) is 3.82. The minimum Gasteiger partial charge on any atom is -0.397 e. The predicted molar refractivity (Wildman–Crippen MR) is 71.7 cm³/mol. The first-order valence-corrected chi connectivity index (χ1v) is 6.22. The van der Waals surface area contributed by atoms with Crippen LogP contribution in [0, 0.1) is 0 Å². The molecule has 1 heterocycles. The molecule has 1 unspecified atom stereocenters. The van der Waals surface area contributed by atoms with Crippen LogP contribution >= 0.6 is 0 Å². The number of nitrogens with one attached hydrogen (secondary N) is 1. The Morgan fingerprint density at radius 3 is 3.00 bits per heavy atom. The van der Waals surface area contributed by atoms with Gasteiger partial charge in [0.1, 0.15) is 0 Å². The molecule has 1 aromatic carbocycles. The number of nitrogens with zero attached hydrogens (tertiary/aromatic N) is 1. The predicted octanol–water partition coefficient (Wildman–Crippen LogP) is 0.589. The minimum absolute atomic E-state index is 0.0986. The van der Waals surface area contributed by atoms with Crippen molar-refractivity contribution in [3.63, 3.8) is 0 Å². The highest BCUT2D eigenvalue weighted by atomic mass is 16.3. The molecule has 0 spiro atoms. The summed E-state index contributed by atoms with van der Waals surface area (Å²) in [7, 11) is 0. The number of hydrogen-bond donors (Lipinski definition) is 3. The Hall–Kier alpha value is -1.75. The zero-order valence-electron chi connectivity index (χ0n) is 10.5. The van der Waals surface area contributed by atoms with E-state index in [0.717, 1.165) is 18.7 Å². The largest absolute Gasteiger partial charge is 0.397 e. The summed E-state index contributed by atoms with van der Waals surface area (Å²) in [5, 5.41) is 12.3. The molecule has 2 rings (SSSR count). The summed E-state index contributed by atoms with van der Waals surface area (Å²) in [6, 6.07) is 5.25. The van der Waals surface area contributed by atoms with Crippen LogP contribution in [0.25, 0.3) is 0 Å². The van der Waals surface area contributed by atoms with E-state index in [4.69, 9.17) is 5.73 Å². The minimum atomic E-state index is -0.308. The maximum Gasteiger partial charge on any atom is 0.251 e. The van der Waals surface area contributed by atoms with Crippen molar-refractivity contribution >= 4 is 17.3 Å². The van der Waals surface area contributed by atoms with Gasteiger partial charge in [-0.05, 0) is 31.5 Å². The first-order valence-electron chi connectivity index (χ1n) is 6.22. The molecule has 0 aromatic heterocycles. The van der Waals surface area contributed by atoms with E-state index in [1.807, 2.05) is 11.8 Å². The van der Waals surface area contributed by atoms with Crippen LogP contribution < -0.4 is 16.0 Å². The number of carbonyl (C=O) groups excluding carboxylic acids is 1. The second-order valence-electron chi connectivity index (χ2n) is 4.52. The van der Waals surface area contributed by atoms with E-state index in [2.05, 4.69) is 5.32 Å². The third kappa shape index (κ3) is 2.56. The van der Waals surface area contributed by atoms with Gasteiger partial charge < -0.3 is 21.1 Å². The SMILES string of the molecule is CCNC(=O)c1ccc(N)c(N2CCC(O)C2)c1. The van der Waals surface area contributed by atoms with E-state index < -0.39 is 0 Å². The number of β-amino-alcohol motifs (C(OH)–C–C–N with tert-alkyl or cyclic N) is 1.